The van der Waals surface area contributed by atoms with Crippen LogP contribution in [-0.2, 0) is 11.3 Å². The van der Waals surface area contributed by atoms with Gasteiger partial charge in [-0.05, 0) is 31.9 Å². The number of benzene rings is 2. The molecular weight excluding hydrogens is 488 g/mol. The molecule has 1 aliphatic heterocycles. The van der Waals surface area contributed by atoms with Crippen LogP contribution in [0.15, 0.2) is 73.7 Å². The summed E-state index contributed by atoms with van der Waals surface area (Å²) in [5, 5.41) is 7.45. The predicted molar refractivity (Wildman–Crippen MR) is 141 cm³/mol. The number of hydrogen-bond donors (Lipinski definition) is 0. The summed E-state index contributed by atoms with van der Waals surface area (Å²) in [6, 6.07) is 17.3. The minimum Gasteiger partial charge on any atom is -0.408 e. The number of hydrogen-bond acceptors (Lipinski definition) is 7. The number of para-hydroxylation sites is 2. The van der Waals surface area contributed by atoms with Crippen molar-refractivity contribution in [3.05, 3.63) is 81.3 Å². The van der Waals surface area contributed by atoms with Crippen LogP contribution in [0.3, 0.4) is 0 Å². The molecule has 9 heteroatoms. The van der Waals surface area contributed by atoms with Crippen LogP contribution >= 0.6 is 11.3 Å². The quantitative estimate of drug-likeness (QED) is 0.298. The molecular formula is C28H26N4O4S. The van der Waals surface area contributed by atoms with Crippen molar-refractivity contribution in [2.75, 3.05) is 13.1 Å². The lowest BCUT2D eigenvalue weighted by Gasteiger charge is -2.31. The molecule has 0 radical (unpaired) electrons. The summed E-state index contributed by atoms with van der Waals surface area (Å²) in [7, 11) is 0. The Bertz CT molecular complexity index is 1610. The van der Waals surface area contributed by atoms with Gasteiger partial charge in [0.15, 0.2) is 5.58 Å². The molecule has 0 aliphatic carbocycles. The Kier molecular flexibility index (Phi) is 6.21. The monoisotopic (exact) mass is 514 g/mol. The van der Waals surface area contributed by atoms with E-state index in [-0.39, 0.29) is 12.3 Å². The maximum atomic E-state index is 12.9. The molecule has 8 nitrogen and oxygen atoms in total. The number of carbonyl (C=O) groups is 1. The highest BCUT2D eigenvalue weighted by molar-refractivity contribution is 7.10. The molecule has 0 atom stereocenters. The van der Waals surface area contributed by atoms with Crippen molar-refractivity contribution in [2.45, 2.75) is 38.6 Å². The number of aromatic nitrogens is 3. The Morgan fingerprint density at radius 3 is 2.65 bits per heavy atom. The first kappa shape index (κ1) is 23.4. The number of piperidine rings is 1. The summed E-state index contributed by atoms with van der Waals surface area (Å²) in [6.07, 6.45) is 1.99. The summed E-state index contributed by atoms with van der Waals surface area (Å²) >= 11 is 1.66. The van der Waals surface area contributed by atoms with Gasteiger partial charge in [0.25, 0.3) is 0 Å². The zero-order valence-electron chi connectivity index (χ0n) is 20.4. The SMILES string of the molecule is Cc1onc(-c2ccccc2)c1-c1csc(C2CCN(C(=O)CCn3c(=O)oc4ccccc43)CC2)n1. The third-order valence-electron chi connectivity index (χ3n) is 7.01. The van der Waals surface area contributed by atoms with Crippen LogP contribution in [0.25, 0.3) is 33.6 Å². The van der Waals surface area contributed by atoms with Crippen LogP contribution in [0.4, 0.5) is 0 Å². The Balaban J connectivity index is 1.10. The fourth-order valence-electron chi connectivity index (χ4n) is 5.02. The summed E-state index contributed by atoms with van der Waals surface area (Å²) in [5.41, 5.74) is 4.89. The van der Waals surface area contributed by atoms with Crippen molar-refractivity contribution < 1.29 is 13.7 Å². The van der Waals surface area contributed by atoms with Crippen LogP contribution in [-0.4, -0.2) is 38.6 Å². The number of fused-ring (bicyclic) bond motifs is 1. The second-order valence-corrected chi connectivity index (χ2v) is 10.2. The highest BCUT2D eigenvalue weighted by Crippen LogP contribution is 2.38. The van der Waals surface area contributed by atoms with E-state index >= 15 is 0 Å². The van der Waals surface area contributed by atoms with Crippen LogP contribution in [0.5, 0.6) is 0 Å². The Labute approximate surface area is 217 Å². The van der Waals surface area contributed by atoms with E-state index in [1.165, 1.54) is 4.57 Å². The highest BCUT2D eigenvalue weighted by atomic mass is 32.1. The second-order valence-electron chi connectivity index (χ2n) is 9.29. The molecule has 1 saturated heterocycles. The summed E-state index contributed by atoms with van der Waals surface area (Å²) in [6.45, 7) is 3.59. The van der Waals surface area contributed by atoms with E-state index in [4.69, 9.17) is 13.9 Å². The van der Waals surface area contributed by atoms with Crippen LogP contribution < -0.4 is 5.76 Å². The number of aryl methyl sites for hydroxylation is 2. The highest BCUT2D eigenvalue weighted by Gasteiger charge is 2.27. The molecule has 0 N–H and O–H groups in total. The molecule has 3 aromatic heterocycles. The molecule has 1 aliphatic rings. The smallest absolute Gasteiger partial charge is 0.408 e. The number of likely N-dealkylation sites (tertiary alicyclic amines) is 1. The van der Waals surface area contributed by atoms with Crippen LogP contribution in [0.1, 0.15) is 35.9 Å². The standard InChI is InChI=1S/C28H26N4O4S/c1-18-25(26(30-36-18)19-7-3-2-4-8-19)21-17-37-27(29-21)20-11-14-31(15-12-20)24(33)13-16-32-22-9-5-6-10-23(22)35-28(32)34/h2-10,17,20H,11-16H2,1H3. The number of nitrogens with zero attached hydrogens (tertiary/aromatic N) is 4. The molecule has 4 heterocycles. The summed E-state index contributed by atoms with van der Waals surface area (Å²) < 4.78 is 12.3. The molecule has 37 heavy (non-hydrogen) atoms. The van der Waals surface area contributed by atoms with Crippen LogP contribution in [0, 0.1) is 6.92 Å². The van der Waals surface area contributed by atoms with E-state index in [1.807, 2.05) is 60.4 Å². The van der Waals surface area contributed by atoms with Gasteiger partial charge in [0.2, 0.25) is 5.91 Å². The number of rotatable bonds is 6. The molecule has 1 amide bonds. The van der Waals surface area contributed by atoms with Gasteiger partial charge >= 0.3 is 5.76 Å². The van der Waals surface area contributed by atoms with Gasteiger partial charge in [0, 0.05) is 42.9 Å². The average molecular weight is 515 g/mol. The topological polar surface area (TPSA) is 94.4 Å². The van der Waals surface area contributed by atoms with Crippen molar-refractivity contribution in [3.63, 3.8) is 0 Å². The second kappa shape index (κ2) is 9.82. The molecule has 1 fully saturated rings. The van der Waals surface area contributed by atoms with Gasteiger partial charge in [-0.15, -0.1) is 11.3 Å². The van der Waals surface area contributed by atoms with E-state index in [2.05, 4.69) is 10.5 Å². The Morgan fingerprint density at radius 1 is 1.08 bits per heavy atom. The summed E-state index contributed by atoms with van der Waals surface area (Å²) in [4.78, 5) is 32.0. The van der Waals surface area contributed by atoms with Crippen molar-refractivity contribution in [2.24, 2.45) is 0 Å². The van der Waals surface area contributed by atoms with Gasteiger partial charge in [0.05, 0.1) is 21.8 Å². The Hall–Kier alpha value is -3.98. The molecule has 0 spiro atoms. The van der Waals surface area contributed by atoms with E-state index in [0.29, 0.717) is 31.1 Å². The number of oxazole rings is 1. The van der Waals surface area contributed by atoms with Gasteiger partial charge in [0.1, 0.15) is 11.5 Å². The van der Waals surface area contributed by atoms with Crippen molar-refractivity contribution in [1.82, 2.24) is 19.6 Å². The van der Waals surface area contributed by atoms with Gasteiger partial charge < -0.3 is 13.8 Å². The average Bonchev–Trinajstić information content (AvgIpc) is 3.64. The molecule has 0 saturated carbocycles. The zero-order chi connectivity index (χ0) is 25.4. The van der Waals surface area contributed by atoms with Gasteiger partial charge in [-0.25, -0.2) is 9.78 Å². The molecule has 188 valence electrons. The molecule has 6 rings (SSSR count). The molecule has 5 aromatic rings. The summed E-state index contributed by atoms with van der Waals surface area (Å²) in [5.74, 6) is 0.693. The molecule has 2 aromatic carbocycles. The zero-order valence-corrected chi connectivity index (χ0v) is 21.2. The first-order chi connectivity index (χ1) is 18.1. The maximum Gasteiger partial charge on any atom is 0.419 e. The van der Waals surface area contributed by atoms with Gasteiger partial charge in [-0.3, -0.25) is 9.36 Å². The van der Waals surface area contributed by atoms with E-state index < -0.39 is 5.76 Å². The number of thiazole rings is 1. The minimum absolute atomic E-state index is 0.0584. The van der Waals surface area contributed by atoms with Crippen molar-refractivity contribution in [1.29, 1.82) is 0 Å². The number of carbonyl (C=O) groups excluding carboxylic acids is 1. The van der Waals surface area contributed by atoms with Crippen molar-refractivity contribution >= 4 is 28.3 Å². The van der Waals surface area contributed by atoms with Gasteiger partial charge in [-0.2, -0.15) is 0 Å². The predicted octanol–water partition coefficient (Wildman–Crippen LogP) is 5.48. The maximum absolute atomic E-state index is 12.9. The lowest BCUT2D eigenvalue weighted by molar-refractivity contribution is -0.132. The van der Waals surface area contributed by atoms with Crippen LogP contribution in [0.2, 0.25) is 0 Å². The van der Waals surface area contributed by atoms with Gasteiger partial charge in [-0.1, -0.05) is 47.6 Å². The third kappa shape index (κ3) is 4.51. The Morgan fingerprint density at radius 2 is 1.84 bits per heavy atom. The molecule has 0 bridgehead atoms. The molecule has 0 unspecified atom stereocenters. The lowest BCUT2D eigenvalue weighted by atomic mass is 9.97. The van der Waals surface area contributed by atoms with E-state index in [9.17, 15) is 9.59 Å². The lowest BCUT2D eigenvalue weighted by Crippen LogP contribution is -2.38. The fourth-order valence-corrected chi connectivity index (χ4v) is 6.01. The largest absolute Gasteiger partial charge is 0.419 e. The third-order valence-corrected chi connectivity index (χ3v) is 8.02. The minimum atomic E-state index is -0.425. The normalized spacial score (nSPS) is 14.5. The fraction of sp³-hybridized carbons (Fsp3) is 0.286. The van der Waals surface area contributed by atoms with Crippen molar-refractivity contribution in [3.8, 4) is 22.5 Å². The van der Waals surface area contributed by atoms with E-state index in [0.717, 1.165) is 51.6 Å². The first-order valence-corrected chi connectivity index (χ1v) is 13.3. The number of amides is 1. The first-order valence-electron chi connectivity index (χ1n) is 12.4. The van der Waals surface area contributed by atoms with E-state index in [1.54, 1.807) is 17.4 Å².